The smallest absolute Gasteiger partial charge is 0.393 e. The number of carbonyl (C=O) groups excluding carboxylic acids is 2. The number of anilines is 1. The molecule has 1 aromatic heterocycles. The first-order valence-electron chi connectivity index (χ1n) is 16.1. The van der Waals surface area contributed by atoms with E-state index in [-0.39, 0.29) is 42.2 Å². The predicted octanol–water partition coefficient (Wildman–Crippen LogP) is 0.274. The molecular formula is C30H41N3O15P2. The molecule has 1 aliphatic heterocycles. The molecule has 4 aliphatic carbocycles. The van der Waals surface area contributed by atoms with E-state index in [0.29, 0.717) is 19.3 Å². The number of rotatable bonds is 10. The Morgan fingerprint density at radius 3 is 2.52 bits per heavy atom. The summed E-state index contributed by atoms with van der Waals surface area (Å²) in [6.45, 7) is 1.53. The number of aromatic nitrogens is 2. The highest BCUT2D eigenvalue weighted by molar-refractivity contribution is 7.61. The Labute approximate surface area is 285 Å². The summed E-state index contributed by atoms with van der Waals surface area (Å²) in [4.78, 5) is 61.5. The van der Waals surface area contributed by atoms with Crippen molar-refractivity contribution < 1.29 is 67.0 Å². The van der Waals surface area contributed by atoms with E-state index in [1.54, 1.807) is 13.0 Å². The second-order valence-electron chi connectivity index (χ2n) is 14.2. The van der Waals surface area contributed by atoms with Crippen LogP contribution >= 0.6 is 15.6 Å². The van der Waals surface area contributed by atoms with E-state index >= 15 is 0 Å². The van der Waals surface area contributed by atoms with Gasteiger partial charge >= 0.3 is 21.3 Å². The number of phosphoric acid groups is 2. The van der Waals surface area contributed by atoms with Gasteiger partial charge in [0.05, 0.1) is 12.7 Å². The van der Waals surface area contributed by atoms with Crippen LogP contribution in [-0.4, -0.2) is 94.6 Å². The number of carbonyl (C=O) groups is 2. The van der Waals surface area contributed by atoms with Crippen molar-refractivity contribution in [1.29, 1.82) is 0 Å². The summed E-state index contributed by atoms with van der Waals surface area (Å²) >= 11 is 0. The van der Waals surface area contributed by atoms with E-state index < -0.39 is 87.4 Å². The van der Waals surface area contributed by atoms with Gasteiger partial charge in [0.2, 0.25) is 0 Å². The van der Waals surface area contributed by atoms with Crippen LogP contribution in [-0.2, 0) is 36.8 Å². The van der Waals surface area contributed by atoms with Crippen molar-refractivity contribution in [1.82, 2.24) is 9.55 Å². The standard InChI is InChI=1S/C30H41N3O15P2/c1-28-8-5-16(34)11-15(28)3-4-17-18-6-9-30(40,29(18,2)12-19(35)23(17)28)21(36)14-46-50(43,44)48-49(41,42)45-13-20-24(37)25(38)26(47-20)33-10-7-22(31)32-27(33)39/h5,7-8,10-11,17-20,23-26,35,37-38,40H,3-4,6,9,12-14H2,1-2H3,(H,41,42)(H,43,44)(H2,31,32,39)/t17?,18?,19-,20+,23?,24+,25-,26+,28-,29-,30-/m0/s1. The lowest BCUT2D eigenvalue weighted by Gasteiger charge is -2.59. The normalized spacial score (nSPS) is 41.8. The monoisotopic (exact) mass is 745 g/mol. The van der Waals surface area contributed by atoms with Gasteiger partial charge in [-0.15, -0.1) is 0 Å². The topological polar surface area (TPSA) is 287 Å². The highest BCUT2D eigenvalue weighted by atomic mass is 31.3. The van der Waals surface area contributed by atoms with E-state index in [0.717, 1.165) is 16.3 Å². The summed E-state index contributed by atoms with van der Waals surface area (Å²) in [6.07, 6.45) is 0.366. The van der Waals surface area contributed by atoms with Crippen LogP contribution in [0.1, 0.15) is 52.2 Å². The predicted molar refractivity (Wildman–Crippen MR) is 169 cm³/mol. The summed E-state index contributed by atoms with van der Waals surface area (Å²) in [6, 6.07) is 1.23. The van der Waals surface area contributed by atoms with Crippen molar-refractivity contribution in [3.63, 3.8) is 0 Å². The summed E-state index contributed by atoms with van der Waals surface area (Å²) in [5, 5.41) is 44.0. The molecule has 0 aromatic carbocycles. The van der Waals surface area contributed by atoms with Crippen LogP contribution in [0.15, 0.2) is 40.9 Å². The average molecular weight is 746 g/mol. The number of nitrogen functional groups attached to an aromatic ring is 1. The highest BCUT2D eigenvalue weighted by Gasteiger charge is 2.68. The number of fused-ring (bicyclic) bond motifs is 5. The quantitative estimate of drug-likeness (QED) is 0.158. The molecule has 18 nitrogen and oxygen atoms in total. The van der Waals surface area contributed by atoms with Crippen LogP contribution in [0, 0.1) is 28.6 Å². The molecule has 276 valence electrons. The number of ether oxygens (including phenoxy) is 1. The Morgan fingerprint density at radius 2 is 1.82 bits per heavy atom. The third kappa shape index (κ3) is 6.33. The lowest BCUT2D eigenvalue weighted by atomic mass is 9.46. The minimum Gasteiger partial charge on any atom is -0.393 e. The fourth-order valence-electron chi connectivity index (χ4n) is 9.11. The maximum Gasteiger partial charge on any atom is 0.481 e. The molecule has 0 spiro atoms. The molecule has 20 heteroatoms. The second-order valence-corrected chi connectivity index (χ2v) is 17.3. The third-order valence-electron chi connectivity index (χ3n) is 11.5. The molecule has 5 aliphatic rings. The van der Waals surface area contributed by atoms with Gasteiger partial charge in [-0.05, 0) is 62.2 Å². The first-order chi connectivity index (χ1) is 23.2. The Balaban J connectivity index is 1.07. The van der Waals surface area contributed by atoms with Crippen LogP contribution in [0.25, 0.3) is 0 Å². The molecular weight excluding hydrogens is 704 g/mol. The summed E-state index contributed by atoms with van der Waals surface area (Å²) < 4.78 is 45.2. The lowest BCUT2D eigenvalue weighted by molar-refractivity contribution is -0.178. The molecule has 50 heavy (non-hydrogen) atoms. The van der Waals surface area contributed by atoms with E-state index in [4.69, 9.17) is 19.5 Å². The summed E-state index contributed by atoms with van der Waals surface area (Å²) in [7, 11) is -11.0. The van der Waals surface area contributed by atoms with Gasteiger partial charge in [0.25, 0.3) is 0 Å². The molecule has 3 saturated carbocycles. The molecule has 8 N–H and O–H groups in total. The fourth-order valence-corrected chi connectivity index (χ4v) is 11.1. The average Bonchev–Trinajstić information content (AvgIpc) is 3.46. The molecule has 0 radical (unpaired) electrons. The molecule has 1 saturated heterocycles. The van der Waals surface area contributed by atoms with E-state index in [1.807, 2.05) is 13.0 Å². The molecule has 5 unspecified atom stereocenters. The van der Waals surface area contributed by atoms with Gasteiger partial charge in [-0.3, -0.25) is 23.2 Å². The SMILES string of the molecule is C[C@]12C=CC(=O)C=C1CCC1C2[C@@H](O)C[C@@]2(C)C1CC[C@]2(O)C(=O)COP(=O)(O)OP(=O)(O)OC[C@H]1O[C@@H](n2ccc(N)nc2=O)[C@@H](O)[C@@H]1O. The number of allylic oxidation sites excluding steroid dienone is 4. The number of ketones is 2. The molecule has 0 bridgehead atoms. The minimum absolute atomic E-state index is 0.0205. The maximum atomic E-state index is 13.5. The number of hydrogen-bond acceptors (Lipinski definition) is 15. The van der Waals surface area contributed by atoms with Gasteiger partial charge in [0.1, 0.15) is 36.3 Å². The number of phosphoric ester groups is 2. The number of nitrogens with two attached hydrogens (primary N) is 1. The third-order valence-corrected chi connectivity index (χ3v) is 14.1. The number of nitrogens with zero attached hydrogens (tertiary/aromatic N) is 2. The lowest BCUT2D eigenvalue weighted by Crippen LogP contribution is -2.61. The van der Waals surface area contributed by atoms with Crippen molar-refractivity contribution in [2.24, 2.45) is 28.6 Å². The highest BCUT2D eigenvalue weighted by Crippen LogP contribution is 2.67. The molecule has 4 fully saturated rings. The van der Waals surface area contributed by atoms with Crippen LogP contribution < -0.4 is 11.4 Å². The van der Waals surface area contributed by atoms with Crippen LogP contribution in [0.4, 0.5) is 5.82 Å². The number of hydrogen-bond donors (Lipinski definition) is 7. The Hall–Kier alpha value is -2.44. The number of Topliss-reactive ketones (excluding diaryl/α,β-unsaturated/α-hetero) is 1. The zero-order valence-corrected chi connectivity index (χ0v) is 29.0. The van der Waals surface area contributed by atoms with Gasteiger partial charge in [-0.25, -0.2) is 13.9 Å². The van der Waals surface area contributed by atoms with Gasteiger partial charge < -0.3 is 40.7 Å². The maximum absolute atomic E-state index is 13.5. The first kappa shape index (κ1) is 37.3. The molecule has 2 heterocycles. The van der Waals surface area contributed by atoms with Crippen LogP contribution in [0.2, 0.25) is 0 Å². The molecule has 0 amide bonds. The van der Waals surface area contributed by atoms with Gasteiger partial charge in [0.15, 0.2) is 17.8 Å². The van der Waals surface area contributed by atoms with Crippen LogP contribution in [0.5, 0.6) is 0 Å². The fraction of sp³-hybridized carbons (Fsp3) is 0.667. The van der Waals surface area contributed by atoms with E-state index in [2.05, 4.69) is 9.29 Å². The van der Waals surface area contributed by atoms with Crippen molar-refractivity contribution in [2.75, 3.05) is 18.9 Å². The zero-order valence-electron chi connectivity index (χ0n) is 27.2. The van der Waals surface area contributed by atoms with Gasteiger partial charge in [0, 0.05) is 22.9 Å². The van der Waals surface area contributed by atoms with Crippen LogP contribution in [0.3, 0.4) is 0 Å². The van der Waals surface area contributed by atoms with Gasteiger partial charge in [-0.2, -0.15) is 9.29 Å². The summed E-state index contributed by atoms with van der Waals surface area (Å²) in [5.74, 6) is -1.77. The molecule has 1 aromatic rings. The van der Waals surface area contributed by atoms with Crippen molar-refractivity contribution in [3.8, 4) is 0 Å². The Bertz CT molecular complexity index is 1780. The minimum atomic E-state index is -5.50. The van der Waals surface area contributed by atoms with Crippen molar-refractivity contribution in [2.45, 2.75) is 82.2 Å². The number of aliphatic hydroxyl groups is 4. The number of aliphatic hydroxyl groups excluding tert-OH is 3. The Morgan fingerprint density at radius 1 is 1.12 bits per heavy atom. The van der Waals surface area contributed by atoms with Crippen molar-refractivity contribution in [3.05, 3.63) is 46.5 Å². The second kappa shape index (κ2) is 12.9. The van der Waals surface area contributed by atoms with Crippen molar-refractivity contribution >= 4 is 33.0 Å². The summed E-state index contributed by atoms with van der Waals surface area (Å²) in [5.41, 5.74) is 1.68. The zero-order chi connectivity index (χ0) is 36.6. The molecule has 6 rings (SSSR count). The first-order valence-corrected chi connectivity index (χ1v) is 19.1. The van der Waals surface area contributed by atoms with E-state index in [1.165, 1.54) is 12.1 Å². The molecule has 13 atom stereocenters. The van der Waals surface area contributed by atoms with E-state index in [9.17, 15) is 53.7 Å². The largest absolute Gasteiger partial charge is 0.481 e. The Kier molecular flexibility index (Phi) is 9.63. The van der Waals surface area contributed by atoms with Gasteiger partial charge in [-0.1, -0.05) is 25.5 Å².